The van der Waals surface area contributed by atoms with Crippen molar-refractivity contribution in [3.8, 4) is 11.5 Å². The van der Waals surface area contributed by atoms with E-state index in [1.165, 1.54) is 0 Å². The minimum atomic E-state index is 0.105. The maximum atomic E-state index is 6.08. The molecule has 0 spiro atoms. The van der Waals surface area contributed by atoms with Crippen molar-refractivity contribution in [1.29, 1.82) is 0 Å². The van der Waals surface area contributed by atoms with Crippen LogP contribution in [0.1, 0.15) is 32.3 Å². The second kappa shape index (κ2) is 7.48. The van der Waals surface area contributed by atoms with E-state index in [-0.39, 0.29) is 6.04 Å². The molecule has 0 aliphatic carbocycles. The number of nitrogens with two attached hydrogens (primary N) is 1. The normalized spacial score (nSPS) is 12.4. The average molecular weight is 308 g/mol. The zero-order valence-electron chi connectivity index (χ0n) is 12.6. The zero-order valence-corrected chi connectivity index (χ0v) is 13.3. The van der Waals surface area contributed by atoms with Crippen LogP contribution in [0.15, 0.2) is 30.6 Å². The lowest BCUT2D eigenvalue weighted by Gasteiger charge is -2.13. The van der Waals surface area contributed by atoms with Gasteiger partial charge in [-0.2, -0.15) is 5.10 Å². The van der Waals surface area contributed by atoms with Gasteiger partial charge in [-0.25, -0.2) is 0 Å². The molecule has 21 heavy (non-hydrogen) atoms. The van der Waals surface area contributed by atoms with Gasteiger partial charge < -0.3 is 10.5 Å². The third-order valence-electron chi connectivity index (χ3n) is 3.32. The molecule has 0 bridgehead atoms. The summed E-state index contributed by atoms with van der Waals surface area (Å²) in [5.41, 5.74) is 7.07. The second-order valence-corrected chi connectivity index (χ2v) is 5.60. The maximum absolute atomic E-state index is 6.08. The molecule has 0 radical (unpaired) electrons. The summed E-state index contributed by atoms with van der Waals surface area (Å²) in [4.78, 5) is 0. The molecule has 1 unspecified atom stereocenters. The van der Waals surface area contributed by atoms with Gasteiger partial charge >= 0.3 is 0 Å². The molecular weight excluding hydrogens is 286 g/mol. The number of halogens is 1. The maximum Gasteiger partial charge on any atom is 0.165 e. The van der Waals surface area contributed by atoms with Crippen molar-refractivity contribution in [1.82, 2.24) is 9.78 Å². The van der Waals surface area contributed by atoms with E-state index in [0.29, 0.717) is 5.02 Å². The molecule has 1 aromatic heterocycles. The van der Waals surface area contributed by atoms with Gasteiger partial charge in [-0.05, 0) is 43.0 Å². The monoisotopic (exact) mass is 307 g/mol. The van der Waals surface area contributed by atoms with Crippen molar-refractivity contribution >= 4 is 11.6 Å². The average Bonchev–Trinajstić information content (AvgIpc) is 2.89. The van der Waals surface area contributed by atoms with Crippen molar-refractivity contribution in [2.45, 2.75) is 45.7 Å². The number of hydrogen-bond donors (Lipinski definition) is 1. The zero-order chi connectivity index (χ0) is 15.2. The molecule has 1 aromatic carbocycles. The van der Waals surface area contributed by atoms with E-state index in [1.54, 1.807) is 6.20 Å². The Labute approximate surface area is 130 Å². The van der Waals surface area contributed by atoms with Crippen LogP contribution in [0.3, 0.4) is 0 Å². The summed E-state index contributed by atoms with van der Waals surface area (Å²) >= 11 is 6.08. The fourth-order valence-electron chi connectivity index (χ4n) is 2.11. The highest BCUT2D eigenvalue weighted by molar-refractivity contribution is 6.30. The highest BCUT2D eigenvalue weighted by Gasteiger charge is 2.10. The smallest absolute Gasteiger partial charge is 0.165 e. The van der Waals surface area contributed by atoms with Crippen molar-refractivity contribution in [2.24, 2.45) is 5.73 Å². The Hall–Kier alpha value is -1.52. The van der Waals surface area contributed by atoms with Crippen molar-refractivity contribution in [3.05, 3.63) is 41.2 Å². The molecule has 2 aromatic rings. The molecule has 0 aliphatic heterocycles. The third kappa shape index (κ3) is 4.48. The molecule has 0 amide bonds. The lowest BCUT2D eigenvalue weighted by Crippen LogP contribution is -2.21. The van der Waals surface area contributed by atoms with Gasteiger partial charge in [-0.15, -0.1) is 0 Å². The van der Waals surface area contributed by atoms with Gasteiger partial charge in [-0.3, -0.25) is 4.68 Å². The molecule has 1 atom stereocenters. The number of hydrogen-bond acceptors (Lipinski definition) is 3. The summed E-state index contributed by atoms with van der Waals surface area (Å²) in [6.07, 6.45) is 6.34. The standard InChI is InChI=1S/C16H22ClN3O/c1-3-7-20-11-15(10-19-20)21-16-6-5-13(17)8-12(16)9-14(18)4-2/h5-6,8,10-11,14H,3-4,7,9,18H2,1-2H3. The molecule has 0 aliphatic rings. The second-order valence-electron chi connectivity index (χ2n) is 5.17. The molecule has 0 saturated heterocycles. The highest BCUT2D eigenvalue weighted by Crippen LogP contribution is 2.28. The van der Waals surface area contributed by atoms with Gasteiger partial charge in [0.1, 0.15) is 5.75 Å². The van der Waals surface area contributed by atoms with Crippen LogP contribution in [0.5, 0.6) is 11.5 Å². The predicted octanol–water partition coefficient (Wildman–Crippen LogP) is 4.02. The Kier molecular flexibility index (Phi) is 5.65. The van der Waals surface area contributed by atoms with Crippen LogP contribution in [0.25, 0.3) is 0 Å². The van der Waals surface area contributed by atoms with E-state index >= 15 is 0 Å². The number of nitrogens with zero attached hydrogens (tertiary/aromatic N) is 2. The summed E-state index contributed by atoms with van der Waals surface area (Å²) in [6, 6.07) is 5.74. The van der Waals surface area contributed by atoms with Crippen LogP contribution in [-0.2, 0) is 13.0 Å². The van der Waals surface area contributed by atoms with Gasteiger partial charge in [0.15, 0.2) is 5.75 Å². The van der Waals surface area contributed by atoms with Crippen LogP contribution < -0.4 is 10.5 Å². The highest BCUT2D eigenvalue weighted by atomic mass is 35.5. The van der Waals surface area contributed by atoms with Crippen LogP contribution in [0, 0.1) is 0 Å². The van der Waals surface area contributed by atoms with Gasteiger partial charge in [0.25, 0.3) is 0 Å². The third-order valence-corrected chi connectivity index (χ3v) is 3.55. The number of rotatable bonds is 7. The van der Waals surface area contributed by atoms with E-state index in [4.69, 9.17) is 22.1 Å². The summed E-state index contributed by atoms with van der Waals surface area (Å²) < 4.78 is 7.82. The summed E-state index contributed by atoms with van der Waals surface area (Å²) in [5, 5.41) is 4.96. The molecule has 114 valence electrons. The molecule has 2 rings (SSSR count). The molecule has 1 heterocycles. The Bertz CT molecular complexity index is 583. The fourth-order valence-corrected chi connectivity index (χ4v) is 2.30. The molecule has 0 fully saturated rings. The molecule has 5 heteroatoms. The molecule has 0 saturated carbocycles. The van der Waals surface area contributed by atoms with Crippen molar-refractivity contribution < 1.29 is 4.74 Å². The number of ether oxygens (including phenoxy) is 1. The SMILES string of the molecule is CCCn1cc(Oc2ccc(Cl)cc2CC(N)CC)cn1. The van der Waals surface area contributed by atoms with E-state index in [1.807, 2.05) is 29.1 Å². The first-order valence-electron chi connectivity index (χ1n) is 7.36. The summed E-state index contributed by atoms with van der Waals surface area (Å²) in [7, 11) is 0. The summed E-state index contributed by atoms with van der Waals surface area (Å²) in [6.45, 7) is 5.08. The lowest BCUT2D eigenvalue weighted by atomic mass is 10.0. The first-order valence-corrected chi connectivity index (χ1v) is 7.74. The summed E-state index contributed by atoms with van der Waals surface area (Å²) in [5.74, 6) is 1.52. The van der Waals surface area contributed by atoms with Gasteiger partial charge in [0.2, 0.25) is 0 Å². The van der Waals surface area contributed by atoms with Gasteiger partial charge in [0, 0.05) is 17.6 Å². The number of aryl methyl sites for hydroxylation is 1. The van der Waals surface area contributed by atoms with E-state index < -0.39 is 0 Å². The van der Waals surface area contributed by atoms with E-state index in [2.05, 4.69) is 18.9 Å². The van der Waals surface area contributed by atoms with Crippen LogP contribution in [-0.4, -0.2) is 15.8 Å². The first kappa shape index (κ1) is 15.9. The first-order chi connectivity index (χ1) is 10.1. The van der Waals surface area contributed by atoms with Crippen molar-refractivity contribution in [3.63, 3.8) is 0 Å². The topological polar surface area (TPSA) is 53.1 Å². The van der Waals surface area contributed by atoms with Gasteiger partial charge in [0.05, 0.1) is 12.4 Å². The van der Waals surface area contributed by atoms with Gasteiger partial charge in [-0.1, -0.05) is 25.4 Å². The molecule has 4 nitrogen and oxygen atoms in total. The minimum absolute atomic E-state index is 0.105. The van der Waals surface area contributed by atoms with Crippen LogP contribution in [0.2, 0.25) is 5.02 Å². The Morgan fingerprint density at radius 1 is 1.38 bits per heavy atom. The quantitative estimate of drug-likeness (QED) is 0.840. The van der Waals surface area contributed by atoms with E-state index in [9.17, 15) is 0 Å². The fraction of sp³-hybridized carbons (Fsp3) is 0.438. The Morgan fingerprint density at radius 3 is 2.90 bits per heavy atom. The predicted molar refractivity (Wildman–Crippen MR) is 86.0 cm³/mol. The van der Waals surface area contributed by atoms with Crippen LogP contribution >= 0.6 is 11.6 Å². The van der Waals surface area contributed by atoms with Crippen LogP contribution in [0.4, 0.5) is 0 Å². The minimum Gasteiger partial charge on any atom is -0.454 e. The number of benzene rings is 1. The molecular formula is C16H22ClN3O. The number of aromatic nitrogens is 2. The Morgan fingerprint density at radius 2 is 2.19 bits per heavy atom. The Balaban J connectivity index is 2.17. The lowest BCUT2D eigenvalue weighted by molar-refractivity contribution is 0.470. The van der Waals surface area contributed by atoms with Crippen molar-refractivity contribution in [2.75, 3.05) is 0 Å². The van der Waals surface area contributed by atoms with E-state index in [0.717, 1.165) is 42.9 Å². The largest absolute Gasteiger partial charge is 0.454 e. The molecule has 2 N–H and O–H groups in total.